The number of H-pyrrole nitrogens is 1. The minimum atomic E-state index is -0.318. The Hall–Kier alpha value is -2.63. The van der Waals surface area contributed by atoms with E-state index in [4.69, 9.17) is 0 Å². The smallest absolute Gasteiger partial charge is 0.305 e. The van der Waals surface area contributed by atoms with E-state index >= 15 is 0 Å². The summed E-state index contributed by atoms with van der Waals surface area (Å²) in [5.41, 5.74) is 5.31. The van der Waals surface area contributed by atoms with Crippen molar-refractivity contribution in [1.29, 1.82) is 0 Å². The fourth-order valence-corrected chi connectivity index (χ4v) is 2.91. The first-order chi connectivity index (χ1) is 11.4. The topological polar surface area (TPSA) is 88.3 Å². The van der Waals surface area contributed by atoms with E-state index in [1.54, 1.807) is 0 Å². The van der Waals surface area contributed by atoms with Crippen LogP contribution in [0.3, 0.4) is 0 Å². The van der Waals surface area contributed by atoms with Gasteiger partial charge in [-0.15, -0.1) is 0 Å². The van der Waals surface area contributed by atoms with E-state index in [9.17, 15) is 14.4 Å². The van der Waals surface area contributed by atoms with Gasteiger partial charge in [0.25, 0.3) is 5.91 Å². The molecule has 6 heteroatoms. The Morgan fingerprint density at radius 2 is 1.96 bits per heavy atom. The molecule has 2 N–H and O–H groups in total. The number of hydrogen-bond acceptors (Lipinski definition) is 4. The quantitative estimate of drug-likeness (QED) is 0.619. The summed E-state index contributed by atoms with van der Waals surface area (Å²) in [6.07, 6.45) is 3.88. The van der Waals surface area contributed by atoms with Crippen LogP contribution in [0.4, 0.5) is 0 Å². The van der Waals surface area contributed by atoms with Crippen molar-refractivity contribution in [2.24, 2.45) is 0 Å². The molecular weight excluding hydrogens is 308 g/mol. The average molecular weight is 330 g/mol. The van der Waals surface area contributed by atoms with Gasteiger partial charge < -0.3 is 15.0 Å². The number of methoxy groups -OCH3 is 1. The number of allylic oxidation sites excluding steroid dienone is 1. The van der Waals surface area contributed by atoms with Crippen LogP contribution in [0.15, 0.2) is 16.8 Å². The van der Waals surface area contributed by atoms with Gasteiger partial charge in [-0.25, -0.2) is 0 Å². The maximum absolute atomic E-state index is 11.9. The van der Waals surface area contributed by atoms with Gasteiger partial charge in [0.15, 0.2) is 6.29 Å². The number of amides is 1. The highest BCUT2D eigenvalue weighted by molar-refractivity contribution is 6.01. The summed E-state index contributed by atoms with van der Waals surface area (Å²) >= 11 is 0. The molecule has 0 fully saturated rings. The average Bonchev–Trinajstić information content (AvgIpc) is 3.02. The second-order valence-corrected chi connectivity index (χ2v) is 5.72. The lowest BCUT2D eigenvalue weighted by Gasteiger charge is -2.02. The number of aromatic amines is 1. The van der Waals surface area contributed by atoms with Crippen molar-refractivity contribution >= 4 is 24.2 Å². The van der Waals surface area contributed by atoms with Crippen molar-refractivity contribution in [2.45, 2.75) is 40.0 Å². The maximum atomic E-state index is 11.9. The molecule has 6 nitrogen and oxygen atoms in total. The van der Waals surface area contributed by atoms with E-state index in [0.717, 1.165) is 40.0 Å². The Morgan fingerprint density at radius 3 is 2.50 bits per heavy atom. The molecule has 0 atom stereocenters. The first-order valence-electron chi connectivity index (χ1n) is 7.89. The van der Waals surface area contributed by atoms with Gasteiger partial charge in [0.05, 0.1) is 12.8 Å². The summed E-state index contributed by atoms with van der Waals surface area (Å²) in [5, 5.41) is 2.85. The van der Waals surface area contributed by atoms with E-state index in [1.165, 1.54) is 7.11 Å². The molecule has 1 amide bonds. The Kier molecular flexibility index (Phi) is 5.39. The molecule has 128 valence electrons. The van der Waals surface area contributed by atoms with Crippen LogP contribution in [-0.4, -0.2) is 30.3 Å². The van der Waals surface area contributed by atoms with Crippen molar-refractivity contribution in [3.8, 4) is 0 Å². The van der Waals surface area contributed by atoms with Gasteiger partial charge in [-0.1, -0.05) is 6.92 Å². The Bertz CT molecular complexity index is 753. The van der Waals surface area contributed by atoms with E-state index in [-0.39, 0.29) is 18.3 Å². The molecule has 1 aliphatic heterocycles. The summed E-state index contributed by atoms with van der Waals surface area (Å²) in [4.78, 5) is 37.6. The largest absolute Gasteiger partial charge is 0.469 e. The third-order valence-electron chi connectivity index (χ3n) is 4.40. The van der Waals surface area contributed by atoms with Crippen molar-refractivity contribution in [1.82, 2.24) is 10.3 Å². The SMILES string of the molecule is CCC1=C(C)/C(=C/c2[nH]c(C=O)c(CCC(=O)OC)c2C)NC1=O. The first-order valence-corrected chi connectivity index (χ1v) is 7.89. The molecule has 0 aliphatic carbocycles. The van der Waals surface area contributed by atoms with Crippen LogP contribution in [0.25, 0.3) is 6.08 Å². The lowest BCUT2D eigenvalue weighted by atomic mass is 10.0. The van der Waals surface area contributed by atoms with Gasteiger partial charge >= 0.3 is 5.97 Å². The molecule has 2 heterocycles. The number of carbonyl (C=O) groups is 3. The van der Waals surface area contributed by atoms with Crippen LogP contribution in [0.2, 0.25) is 0 Å². The molecule has 0 saturated heterocycles. The molecule has 1 aromatic heterocycles. The minimum absolute atomic E-state index is 0.0769. The number of aromatic nitrogens is 1. The van der Waals surface area contributed by atoms with E-state index < -0.39 is 0 Å². The van der Waals surface area contributed by atoms with Crippen molar-refractivity contribution in [2.75, 3.05) is 7.11 Å². The van der Waals surface area contributed by atoms with Crippen LogP contribution < -0.4 is 5.32 Å². The van der Waals surface area contributed by atoms with Gasteiger partial charge in [-0.3, -0.25) is 14.4 Å². The second kappa shape index (κ2) is 7.29. The lowest BCUT2D eigenvalue weighted by molar-refractivity contribution is -0.140. The number of ether oxygens (including phenoxy) is 1. The summed E-state index contributed by atoms with van der Waals surface area (Å²) in [6, 6.07) is 0. The van der Waals surface area contributed by atoms with E-state index in [2.05, 4.69) is 15.0 Å². The number of aldehydes is 1. The van der Waals surface area contributed by atoms with Crippen LogP contribution >= 0.6 is 0 Å². The van der Waals surface area contributed by atoms with Crippen LogP contribution in [0, 0.1) is 6.92 Å². The van der Waals surface area contributed by atoms with E-state index in [0.29, 0.717) is 18.5 Å². The Morgan fingerprint density at radius 1 is 1.25 bits per heavy atom. The second-order valence-electron chi connectivity index (χ2n) is 5.72. The maximum Gasteiger partial charge on any atom is 0.305 e. The molecule has 1 aliphatic rings. The highest BCUT2D eigenvalue weighted by Crippen LogP contribution is 2.27. The monoisotopic (exact) mass is 330 g/mol. The Labute approximate surface area is 141 Å². The number of esters is 1. The van der Waals surface area contributed by atoms with Crippen LogP contribution in [0.5, 0.6) is 0 Å². The molecule has 24 heavy (non-hydrogen) atoms. The van der Waals surface area contributed by atoms with Gasteiger partial charge in [-0.05, 0) is 49.5 Å². The molecule has 2 rings (SSSR count). The Balaban J connectivity index is 2.36. The molecule has 0 saturated carbocycles. The van der Waals surface area contributed by atoms with Crippen molar-refractivity contribution < 1.29 is 19.1 Å². The highest BCUT2D eigenvalue weighted by atomic mass is 16.5. The predicted molar refractivity (Wildman–Crippen MR) is 90.4 cm³/mol. The zero-order valence-electron chi connectivity index (χ0n) is 14.4. The predicted octanol–water partition coefficient (Wildman–Crippen LogP) is 2.44. The normalized spacial score (nSPS) is 15.8. The third-order valence-corrected chi connectivity index (χ3v) is 4.40. The summed E-state index contributed by atoms with van der Waals surface area (Å²) in [6.45, 7) is 5.73. The zero-order chi connectivity index (χ0) is 17.9. The summed E-state index contributed by atoms with van der Waals surface area (Å²) in [7, 11) is 1.34. The number of rotatable bonds is 6. The molecule has 0 bridgehead atoms. The molecule has 0 radical (unpaired) electrons. The van der Waals surface area contributed by atoms with Crippen LogP contribution in [-0.2, 0) is 20.7 Å². The standard InChI is InChI=1S/C18H22N2O4/c1-5-12-10(2)15(20-18(12)23)8-14-11(3)13(16(9-21)19-14)6-7-17(22)24-4/h8-9,19H,5-7H2,1-4H3,(H,20,23)/b15-8-. The number of hydrogen-bond donors (Lipinski definition) is 2. The van der Waals surface area contributed by atoms with Crippen molar-refractivity contribution in [3.63, 3.8) is 0 Å². The van der Waals surface area contributed by atoms with E-state index in [1.807, 2.05) is 26.8 Å². The number of nitrogens with one attached hydrogen (secondary N) is 2. The molecule has 0 aromatic carbocycles. The molecular formula is C18H22N2O4. The zero-order valence-corrected chi connectivity index (χ0v) is 14.4. The van der Waals surface area contributed by atoms with Gasteiger partial charge in [0, 0.05) is 23.4 Å². The molecule has 0 spiro atoms. The van der Waals surface area contributed by atoms with Gasteiger partial charge in [0.1, 0.15) is 0 Å². The molecule has 1 aromatic rings. The first kappa shape index (κ1) is 17.7. The van der Waals surface area contributed by atoms with Gasteiger partial charge in [-0.2, -0.15) is 0 Å². The van der Waals surface area contributed by atoms with Crippen LogP contribution in [0.1, 0.15) is 54.0 Å². The van der Waals surface area contributed by atoms with Crippen molar-refractivity contribution in [3.05, 3.63) is 39.4 Å². The minimum Gasteiger partial charge on any atom is -0.469 e. The van der Waals surface area contributed by atoms with Gasteiger partial charge in [0.2, 0.25) is 0 Å². The third kappa shape index (κ3) is 3.32. The number of carbonyl (C=O) groups excluding carboxylic acids is 3. The summed E-state index contributed by atoms with van der Waals surface area (Å²) in [5.74, 6) is -0.395. The summed E-state index contributed by atoms with van der Waals surface area (Å²) < 4.78 is 4.65. The lowest BCUT2D eigenvalue weighted by Crippen LogP contribution is -2.16. The fraction of sp³-hybridized carbons (Fsp3) is 0.389. The highest BCUT2D eigenvalue weighted by Gasteiger charge is 2.23. The fourth-order valence-electron chi connectivity index (χ4n) is 2.91. The molecule has 0 unspecified atom stereocenters.